The molecular formula is C15H20N4O. The highest BCUT2D eigenvalue weighted by Gasteiger charge is 2.39. The molecule has 1 aromatic carbocycles. The Morgan fingerprint density at radius 1 is 1.25 bits per heavy atom. The average molecular weight is 272 g/mol. The van der Waals surface area contributed by atoms with E-state index >= 15 is 0 Å². The van der Waals surface area contributed by atoms with E-state index in [9.17, 15) is 0 Å². The number of rotatable bonds is 6. The molecule has 20 heavy (non-hydrogen) atoms. The molecule has 2 atom stereocenters. The molecule has 0 saturated heterocycles. The van der Waals surface area contributed by atoms with Crippen LogP contribution < -0.4 is 10.6 Å². The molecule has 1 saturated carbocycles. The second-order valence-electron chi connectivity index (χ2n) is 5.54. The molecule has 0 spiro atoms. The van der Waals surface area contributed by atoms with E-state index in [1.54, 1.807) is 0 Å². The first-order chi connectivity index (χ1) is 9.72. The summed E-state index contributed by atoms with van der Waals surface area (Å²) in [5.41, 5.74) is 1.37. The number of nitrogens with one attached hydrogen (secondary N) is 2. The quantitative estimate of drug-likeness (QED) is 0.846. The molecule has 5 heteroatoms. The number of aromatic nitrogens is 2. The third-order valence-electron chi connectivity index (χ3n) is 3.46. The van der Waals surface area contributed by atoms with Gasteiger partial charge in [-0.15, -0.1) is 5.10 Å². The van der Waals surface area contributed by atoms with E-state index in [0.29, 0.717) is 36.5 Å². The molecule has 5 nitrogen and oxygen atoms in total. The zero-order chi connectivity index (χ0) is 13.9. The van der Waals surface area contributed by atoms with E-state index in [-0.39, 0.29) is 0 Å². The standard InChI is InChI=1S/C15H20N4O/c1-10(2)16-9-14-18-19-15(20-14)17-13-8-12(13)11-6-4-3-5-7-11/h3-7,10,12-13,16H,8-9H2,1-2H3,(H,17,19). The summed E-state index contributed by atoms with van der Waals surface area (Å²) in [6.07, 6.45) is 1.12. The van der Waals surface area contributed by atoms with E-state index in [4.69, 9.17) is 4.42 Å². The number of hydrogen-bond acceptors (Lipinski definition) is 5. The second kappa shape index (κ2) is 5.63. The molecule has 106 valence electrons. The van der Waals surface area contributed by atoms with Crippen LogP contribution >= 0.6 is 0 Å². The van der Waals surface area contributed by atoms with Crippen molar-refractivity contribution in [1.29, 1.82) is 0 Å². The van der Waals surface area contributed by atoms with Crippen molar-refractivity contribution < 1.29 is 4.42 Å². The molecule has 0 aliphatic heterocycles. The zero-order valence-corrected chi connectivity index (χ0v) is 11.8. The Morgan fingerprint density at radius 2 is 2.05 bits per heavy atom. The van der Waals surface area contributed by atoms with Gasteiger partial charge in [-0.05, 0) is 12.0 Å². The molecule has 1 fully saturated rings. The lowest BCUT2D eigenvalue weighted by molar-refractivity contribution is 0.458. The Labute approximate surface area is 118 Å². The fourth-order valence-corrected chi connectivity index (χ4v) is 2.26. The van der Waals surface area contributed by atoms with Gasteiger partial charge < -0.3 is 15.1 Å². The van der Waals surface area contributed by atoms with E-state index < -0.39 is 0 Å². The maximum absolute atomic E-state index is 5.57. The van der Waals surface area contributed by atoms with Crippen molar-refractivity contribution in [2.75, 3.05) is 5.32 Å². The summed E-state index contributed by atoms with van der Waals surface area (Å²) in [6, 6.07) is 11.9. The predicted octanol–water partition coefficient (Wildman–Crippen LogP) is 2.54. The van der Waals surface area contributed by atoms with E-state index in [1.807, 2.05) is 6.07 Å². The largest absolute Gasteiger partial charge is 0.407 e. The van der Waals surface area contributed by atoms with Crippen molar-refractivity contribution in [1.82, 2.24) is 15.5 Å². The van der Waals surface area contributed by atoms with Gasteiger partial charge in [-0.1, -0.05) is 49.3 Å². The normalized spacial score (nSPS) is 21.1. The van der Waals surface area contributed by atoms with Crippen LogP contribution in [0, 0.1) is 0 Å². The number of hydrogen-bond donors (Lipinski definition) is 2. The monoisotopic (exact) mass is 272 g/mol. The maximum atomic E-state index is 5.57. The van der Waals surface area contributed by atoms with Crippen LogP contribution in [0.25, 0.3) is 0 Å². The maximum Gasteiger partial charge on any atom is 0.315 e. The van der Waals surface area contributed by atoms with Crippen LogP contribution in [0.4, 0.5) is 6.01 Å². The molecule has 0 radical (unpaired) electrons. The molecule has 3 rings (SSSR count). The highest BCUT2D eigenvalue weighted by Crippen LogP contribution is 2.42. The topological polar surface area (TPSA) is 63.0 Å². The van der Waals surface area contributed by atoms with E-state index in [1.165, 1.54) is 5.56 Å². The van der Waals surface area contributed by atoms with Crippen LogP contribution in [0.3, 0.4) is 0 Å². The first kappa shape index (κ1) is 13.1. The molecule has 2 aromatic rings. The zero-order valence-electron chi connectivity index (χ0n) is 11.8. The Balaban J connectivity index is 1.52. The van der Waals surface area contributed by atoms with Gasteiger partial charge in [0.15, 0.2) is 0 Å². The predicted molar refractivity (Wildman–Crippen MR) is 77.5 cm³/mol. The lowest BCUT2D eigenvalue weighted by atomic mass is 10.1. The lowest BCUT2D eigenvalue weighted by Crippen LogP contribution is -2.21. The fourth-order valence-electron chi connectivity index (χ4n) is 2.26. The van der Waals surface area contributed by atoms with Crippen molar-refractivity contribution >= 4 is 6.01 Å². The SMILES string of the molecule is CC(C)NCc1nnc(NC2CC2c2ccccc2)o1. The number of nitrogens with zero attached hydrogens (tertiary/aromatic N) is 2. The highest BCUT2D eigenvalue weighted by atomic mass is 16.4. The summed E-state index contributed by atoms with van der Waals surface area (Å²) in [7, 11) is 0. The van der Waals surface area contributed by atoms with Crippen molar-refractivity contribution in [2.24, 2.45) is 0 Å². The Hall–Kier alpha value is -1.88. The van der Waals surface area contributed by atoms with Gasteiger partial charge in [0.05, 0.1) is 6.54 Å². The van der Waals surface area contributed by atoms with Gasteiger partial charge >= 0.3 is 6.01 Å². The molecule has 1 aromatic heterocycles. The Bertz CT molecular complexity index is 552. The van der Waals surface area contributed by atoms with Crippen LogP contribution in [-0.4, -0.2) is 22.3 Å². The third kappa shape index (κ3) is 3.17. The molecule has 1 aliphatic rings. The van der Waals surface area contributed by atoms with Gasteiger partial charge in [0.25, 0.3) is 0 Å². The van der Waals surface area contributed by atoms with Gasteiger partial charge in [-0.3, -0.25) is 0 Å². The lowest BCUT2D eigenvalue weighted by Gasteiger charge is -2.03. The molecule has 2 N–H and O–H groups in total. The van der Waals surface area contributed by atoms with Crippen molar-refractivity contribution in [3.8, 4) is 0 Å². The van der Waals surface area contributed by atoms with Crippen LogP contribution in [0.2, 0.25) is 0 Å². The molecule has 0 bridgehead atoms. The van der Waals surface area contributed by atoms with Crippen LogP contribution in [0.15, 0.2) is 34.7 Å². The van der Waals surface area contributed by atoms with Gasteiger partial charge in [0.1, 0.15) is 0 Å². The number of benzene rings is 1. The summed E-state index contributed by atoms with van der Waals surface area (Å²) in [4.78, 5) is 0. The minimum Gasteiger partial charge on any atom is -0.407 e. The van der Waals surface area contributed by atoms with Gasteiger partial charge in [-0.25, -0.2) is 0 Å². The Kier molecular flexibility index (Phi) is 3.69. The van der Waals surface area contributed by atoms with Crippen LogP contribution in [-0.2, 0) is 6.54 Å². The molecular weight excluding hydrogens is 252 g/mol. The molecule has 1 aliphatic carbocycles. The van der Waals surface area contributed by atoms with Gasteiger partial charge in [-0.2, -0.15) is 0 Å². The van der Waals surface area contributed by atoms with E-state index in [2.05, 4.69) is 58.9 Å². The fraction of sp³-hybridized carbons (Fsp3) is 0.467. The number of anilines is 1. The highest BCUT2D eigenvalue weighted by molar-refractivity contribution is 5.35. The minimum atomic E-state index is 0.406. The summed E-state index contributed by atoms with van der Waals surface area (Å²) >= 11 is 0. The van der Waals surface area contributed by atoms with E-state index in [0.717, 1.165) is 6.42 Å². The van der Waals surface area contributed by atoms with Gasteiger partial charge in [0.2, 0.25) is 5.89 Å². The van der Waals surface area contributed by atoms with Gasteiger partial charge in [0, 0.05) is 18.0 Å². The smallest absolute Gasteiger partial charge is 0.315 e. The Morgan fingerprint density at radius 3 is 2.80 bits per heavy atom. The first-order valence-corrected chi connectivity index (χ1v) is 7.09. The summed E-state index contributed by atoms with van der Waals surface area (Å²) in [6.45, 7) is 4.79. The summed E-state index contributed by atoms with van der Waals surface area (Å²) in [5, 5.41) is 14.6. The average Bonchev–Trinajstić information content (AvgIpc) is 3.06. The summed E-state index contributed by atoms with van der Waals surface area (Å²) < 4.78 is 5.57. The van der Waals surface area contributed by atoms with Crippen LogP contribution in [0.5, 0.6) is 0 Å². The summed E-state index contributed by atoms with van der Waals surface area (Å²) in [5.74, 6) is 1.18. The van der Waals surface area contributed by atoms with Crippen molar-refractivity contribution in [3.05, 3.63) is 41.8 Å². The second-order valence-corrected chi connectivity index (χ2v) is 5.54. The molecule has 1 heterocycles. The molecule has 0 amide bonds. The first-order valence-electron chi connectivity index (χ1n) is 7.09. The van der Waals surface area contributed by atoms with Crippen molar-refractivity contribution in [2.45, 2.75) is 44.8 Å². The van der Waals surface area contributed by atoms with Crippen molar-refractivity contribution in [3.63, 3.8) is 0 Å². The molecule has 2 unspecified atom stereocenters. The van der Waals surface area contributed by atoms with Crippen LogP contribution in [0.1, 0.15) is 37.6 Å². The minimum absolute atomic E-state index is 0.406. The third-order valence-corrected chi connectivity index (χ3v) is 3.46.